The molecule has 2 aromatic carbocycles. The molecule has 1 aliphatic rings. The van der Waals surface area contributed by atoms with Crippen LogP contribution in [-0.2, 0) is 4.79 Å². The normalized spacial score (nSPS) is 19.5. The lowest BCUT2D eigenvalue weighted by atomic mass is 10.2. The lowest BCUT2D eigenvalue weighted by Gasteiger charge is -2.20. The van der Waals surface area contributed by atoms with E-state index in [2.05, 4.69) is 27.0 Å². The van der Waals surface area contributed by atoms with Crippen molar-refractivity contribution in [3.63, 3.8) is 0 Å². The minimum Gasteiger partial charge on any atom is -0.497 e. The number of hydrogen-bond donors (Lipinski definition) is 5. The molecule has 0 aliphatic carbocycles. The van der Waals surface area contributed by atoms with E-state index in [-0.39, 0.29) is 10.9 Å². The third-order valence-corrected chi connectivity index (χ3v) is 3.96. The first-order valence-corrected chi connectivity index (χ1v) is 7.87. The number of halogens is 2. The molecule has 2 aromatic rings. The molecule has 1 aliphatic heterocycles. The van der Waals surface area contributed by atoms with E-state index in [1.165, 1.54) is 18.2 Å². The number of benzene rings is 2. The van der Waals surface area contributed by atoms with Crippen LogP contribution in [0, 0.1) is 5.82 Å². The molecule has 2 atom stereocenters. The number of anilines is 2. The van der Waals surface area contributed by atoms with E-state index in [1.54, 1.807) is 7.11 Å². The van der Waals surface area contributed by atoms with Gasteiger partial charge >= 0.3 is 0 Å². The van der Waals surface area contributed by atoms with Crippen molar-refractivity contribution in [1.29, 1.82) is 0 Å². The molecule has 2 unspecified atom stereocenters. The highest BCUT2D eigenvalue weighted by Gasteiger charge is 2.32. The summed E-state index contributed by atoms with van der Waals surface area (Å²) in [5, 5.41) is 5.83. The molecule has 25 heavy (non-hydrogen) atoms. The summed E-state index contributed by atoms with van der Waals surface area (Å²) in [6.45, 7) is 0. The lowest BCUT2D eigenvalue weighted by Crippen LogP contribution is -2.47. The van der Waals surface area contributed by atoms with Gasteiger partial charge in [-0.05, 0) is 42.5 Å². The topological polar surface area (TPSA) is 86.5 Å². The zero-order valence-electron chi connectivity index (χ0n) is 13.3. The highest BCUT2D eigenvalue weighted by Crippen LogP contribution is 2.20. The van der Waals surface area contributed by atoms with E-state index < -0.39 is 18.0 Å². The van der Waals surface area contributed by atoms with Gasteiger partial charge in [0.05, 0.1) is 12.1 Å². The fourth-order valence-corrected chi connectivity index (χ4v) is 2.54. The molecule has 1 heterocycles. The molecule has 132 valence electrons. The number of rotatable bonds is 5. The molecule has 1 fully saturated rings. The second-order valence-corrected chi connectivity index (χ2v) is 5.77. The zero-order chi connectivity index (χ0) is 17.8. The summed E-state index contributed by atoms with van der Waals surface area (Å²) in [7, 11) is 1.59. The first-order chi connectivity index (χ1) is 12.1. The van der Waals surface area contributed by atoms with Crippen LogP contribution in [0.15, 0.2) is 42.5 Å². The van der Waals surface area contributed by atoms with E-state index in [4.69, 9.17) is 16.3 Å². The van der Waals surface area contributed by atoms with Crippen molar-refractivity contribution >= 4 is 28.9 Å². The smallest absolute Gasteiger partial charge is 0.246 e. The summed E-state index contributed by atoms with van der Waals surface area (Å²) in [5.74, 6) is -0.115. The molecular weight excluding hydrogens is 349 g/mol. The quantitative estimate of drug-likeness (QED) is 0.556. The maximum absolute atomic E-state index is 13.2. The second-order valence-electron chi connectivity index (χ2n) is 5.36. The Morgan fingerprint density at radius 1 is 1.16 bits per heavy atom. The standard InChI is InChI=1S/C16H17ClFN5O2/c1-25-11-5-2-9(3-6-11)19-15-14(21-23-22-15)16(24)20-10-4-7-13(18)12(17)8-10/h2-8,14-15,19,21-23H,1H3,(H,20,24). The van der Waals surface area contributed by atoms with Crippen LogP contribution >= 0.6 is 11.6 Å². The van der Waals surface area contributed by atoms with Crippen LogP contribution in [-0.4, -0.2) is 25.2 Å². The van der Waals surface area contributed by atoms with Crippen molar-refractivity contribution in [2.75, 3.05) is 17.7 Å². The maximum Gasteiger partial charge on any atom is 0.246 e. The van der Waals surface area contributed by atoms with Gasteiger partial charge in [0.2, 0.25) is 5.91 Å². The summed E-state index contributed by atoms with van der Waals surface area (Å²) < 4.78 is 18.3. The highest BCUT2D eigenvalue weighted by molar-refractivity contribution is 6.31. The number of methoxy groups -OCH3 is 1. The largest absolute Gasteiger partial charge is 0.497 e. The van der Waals surface area contributed by atoms with Gasteiger partial charge < -0.3 is 15.4 Å². The average molecular weight is 366 g/mol. The summed E-state index contributed by atoms with van der Waals surface area (Å²) >= 11 is 5.73. The van der Waals surface area contributed by atoms with Crippen LogP contribution in [0.25, 0.3) is 0 Å². The van der Waals surface area contributed by atoms with Crippen molar-refractivity contribution in [1.82, 2.24) is 16.4 Å². The van der Waals surface area contributed by atoms with Crippen molar-refractivity contribution in [3.8, 4) is 5.75 Å². The Morgan fingerprint density at radius 2 is 1.88 bits per heavy atom. The van der Waals surface area contributed by atoms with Crippen LogP contribution in [0.5, 0.6) is 5.75 Å². The van der Waals surface area contributed by atoms with Crippen LogP contribution in [0.2, 0.25) is 5.02 Å². The Hall–Kier alpha value is -2.39. The van der Waals surface area contributed by atoms with Crippen LogP contribution in [0.3, 0.4) is 0 Å². The predicted molar refractivity (Wildman–Crippen MR) is 93.6 cm³/mol. The Kier molecular flexibility index (Phi) is 5.34. The van der Waals surface area contributed by atoms with Crippen molar-refractivity contribution in [2.45, 2.75) is 12.2 Å². The number of carbonyl (C=O) groups excluding carboxylic acids is 1. The van der Waals surface area contributed by atoms with Crippen LogP contribution in [0.4, 0.5) is 15.8 Å². The van der Waals surface area contributed by atoms with Gasteiger partial charge in [0.25, 0.3) is 0 Å². The number of hydrogen-bond acceptors (Lipinski definition) is 6. The lowest BCUT2D eigenvalue weighted by molar-refractivity contribution is -0.118. The fraction of sp³-hybridized carbons (Fsp3) is 0.188. The molecule has 7 nitrogen and oxygen atoms in total. The van der Waals surface area contributed by atoms with Crippen molar-refractivity contribution in [3.05, 3.63) is 53.3 Å². The van der Waals surface area contributed by atoms with Gasteiger partial charge in [-0.2, -0.15) is 5.53 Å². The number of ether oxygens (including phenoxy) is 1. The molecule has 3 rings (SSSR count). The SMILES string of the molecule is COc1ccc(NC2NNNC2C(=O)Nc2ccc(F)c(Cl)c2)cc1. The van der Waals surface area contributed by atoms with Crippen LogP contribution < -0.4 is 31.8 Å². The second kappa shape index (κ2) is 7.66. The molecule has 1 amide bonds. The third-order valence-electron chi connectivity index (χ3n) is 3.67. The Morgan fingerprint density at radius 3 is 2.56 bits per heavy atom. The Labute approximate surface area is 148 Å². The molecular formula is C16H17ClFN5O2. The molecule has 1 saturated heterocycles. The van der Waals surface area contributed by atoms with E-state index >= 15 is 0 Å². The highest BCUT2D eigenvalue weighted by atomic mass is 35.5. The average Bonchev–Trinajstić information content (AvgIpc) is 3.07. The number of nitrogens with one attached hydrogen (secondary N) is 5. The van der Waals surface area contributed by atoms with Crippen molar-refractivity contribution < 1.29 is 13.9 Å². The van der Waals surface area contributed by atoms with E-state index in [0.717, 1.165) is 11.4 Å². The first kappa shape index (κ1) is 17.4. The van der Waals surface area contributed by atoms with E-state index in [9.17, 15) is 9.18 Å². The molecule has 5 N–H and O–H groups in total. The fourth-order valence-electron chi connectivity index (χ4n) is 2.36. The maximum atomic E-state index is 13.2. The summed E-state index contributed by atoms with van der Waals surface area (Å²) in [6, 6.07) is 10.7. The summed E-state index contributed by atoms with van der Waals surface area (Å²) in [5.41, 5.74) is 9.69. The summed E-state index contributed by atoms with van der Waals surface area (Å²) in [6.07, 6.45) is -0.413. The molecule has 0 radical (unpaired) electrons. The van der Waals surface area contributed by atoms with Crippen molar-refractivity contribution in [2.24, 2.45) is 0 Å². The Bertz CT molecular complexity index is 759. The zero-order valence-corrected chi connectivity index (χ0v) is 14.0. The van der Waals surface area contributed by atoms with Crippen LogP contribution in [0.1, 0.15) is 0 Å². The van der Waals surface area contributed by atoms with E-state index in [1.807, 2.05) is 24.3 Å². The minimum absolute atomic E-state index is 0.0543. The molecule has 9 heteroatoms. The van der Waals surface area contributed by atoms with Gasteiger partial charge in [0.1, 0.15) is 23.8 Å². The molecule has 0 saturated carbocycles. The predicted octanol–water partition coefficient (Wildman–Crippen LogP) is 1.85. The van der Waals surface area contributed by atoms with Gasteiger partial charge in [0, 0.05) is 11.4 Å². The summed E-state index contributed by atoms with van der Waals surface area (Å²) in [4.78, 5) is 12.5. The Balaban J connectivity index is 1.65. The van der Waals surface area contributed by atoms with Gasteiger partial charge in [0.15, 0.2) is 0 Å². The molecule has 0 bridgehead atoms. The molecule has 0 spiro atoms. The first-order valence-electron chi connectivity index (χ1n) is 7.49. The number of amides is 1. The number of carbonyl (C=O) groups is 1. The van der Waals surface area contributed by atoms with Gasteiger partial charge in [-0.3, -0.25) is 4.79 Å². The third kappa shape index (κ3) is 4.18. The van der Waals surface area contributed by atoms with Gasteiger partial charge in [-0.15, -0.1) is 0 Å². The minimum atomic E-state index is -0.620. The number of hydrazine groups is 2. The van der Waals surface area contributed by atoms with E-state index in [0.29, 0.717) is 5.69 Å². The van der Waals surface area contributed by atoms with Gasteiger partial charge in [-0.25, -0.2) is 15.2 Å². The van der Waals surface area contributed by atoms with Gasteiger partial charge in [-0.1, -0.05) is 11.6 Å². The monoisotopic (exact) mass is 365 g/mol. The molecule has 0 aromatic heterocycles.